The molecule has 18 aromatic carbocycles. The van der Waals surface area contributed by atoms with Crippen molar-refractivity contribution in [3.8, 4) is 102 Å². The Bertz CT molecular complexity index is 9370. The molecule has 0 unspecified atom stereocenters. The maximum absolute atomic E-state index is 6.82. The summed E-state index contributed by atoms with van der Waals surface area (Å²) in [7, 11) is 0. The molecule has 0 aliphatic carbocycles. The molecule has 596 valence electrons. The lowest BCUT2D eigenvalue weighted by Gasteiger charge is -2.10. The number of hydrogen-bond donors (Lipinski definition) is 0. The van der Waals surface area contributed by atoms with E-state index >= 15 is 0 Å². The van der Waals surface area contributed by atoms with E-state index in [1.54, 1.807) is 11.3 Å². The largest absolute Gasteiger partial charge is 0.456 e. The third kappa shape index (κ3) is 11.1. The Hall–Kier alpha value is -17.2. The lowest BCUT2D eigenvalue weighted by atomic mass is 10.00. The van der Waals surface area contributed by atoms with E-state index in [9.17, 15) is 0 Å². The predicted molar refractivity (Wildman–Crippen MR) is 521 cm³/mol. The van der Waals surface area contributed by atoms with Gasteiger partial charge in [-0.2, -0.15) is 0 Å². The first kappa shape index (κ1) is 71.4. The van der Waals surface area contributed by atoms with Crippen LogP contribution in [-0.2, 0) is 0 Å². The molecule has 0 aliphatic rings. The van der Waals surface area contributed by atoms with Crippen LogP contribution < -0.4 is 0 Å². The lowest BCUT2D eigenvalue weighted by molar-refractivity contribution is 0.634. The van der Waals surface area contributed by atoms with Gasteiger partial charge in [-0.15, -0.1) is 11.3 Å². The van der Waals surface area contributed by atoms with Crippen molar-refractivity contribution in [1.82, 2.24) is 39.0 Å². The van der Waals surface area contributed by atoms with Crippen LogP contribution in [0.15, 0.2) is 410 Å². The zero-order chi connectivity index (χ0) is 83.8. The van der Waals surface area contributed by atoms with Crippen LogP contribution >= 0.6 is 11.3 Å². The van der Waals surface area contributed by atoms with Crippen molar-refractivity contribution in [2.24, 2.45) is 0 Å². The number of thiophene rings is 1. The Morgan fingerprint density at radius 2 is 0.523 bits per heavy atom. The molecule has 28 aromatic rings. The van der Waals surface area contributed by atoms with Crippen LogP contribution in [0.25, 0.3) is 275 Å². The van der Waals surface area contributed by atoms with Gasteiger partial charge in [0.2, 0.25) is 0 Å². The number of fused-ring (bicyclic) bond motifs is 26. The van der Waals surface area contributed by atoms with Crippen molar-refractivity contribution in [3.05, 3.63) is 388 Å². The maximum atomic E-state index is 6.82. The quantitative estimate of drug-likeness (QED) is 0.129. The molecular weight excluding hydrogens is 1590 g/mol. The summed E-state index contributed by atoms with van der Waals surface area (Å²) in [5.41, 5.74) is 24.6. The molecule has 0 saturated heterocycles. The van der Waals surface area contributed by atoms with Gasteiger partial charge in [0.05, 0.1) is 32.5 Å². The number of benzene rings is 18. The molecule has 0 fully saturated rings. The summed E-state index contributed by atoms with van der Waals surface area (Å²) >= 11 is 1.79. The Morgan fingerprint density at radius 1 is 0.180 bits per heavy atom. The van der Waals surface area contributed by atoms with Gasteiger partial charge in [-0.25, -0.2) is 29.9 Å². The molecule has 0 spiro atoms. The third-order valence-electron chi connectivity index (χ3n) is 25.3. The molecule has 128 heavy (non-hydrogen) atoms. The smallest absolute Gasteiger partial charge is 0.178 e. The van der Waals surface area contributed by atoms with Crippen molar-refractivity contribution in [3.63, 3.8) is 0 Å². The second-order valence-electron chi connectivity index (χ2n) is 32.6. The van der Waals surface area contributed by atoms with Crippen molar-refractivity contribution < 1.29 is 22.1 Å². The van der Waals surface area contributed by atoms with Gasteiger partial charge in [0.1, 0.15) is 33.5 Å². The highest BCUT2D eigenvalue weighted by molar-refractivity contribution is 7.26. The molecule has 0 N–H and O–H groups in total. The summed E-state index contributed by atoms with van der Waals surface area (Å²) in [6.45, 7) is 0. The summed E-state index contributed by atoms with van der Waals surface area (Å²) < 4.78 is 40.0. The average molecular weight is 1660 g/mol. The maximum Gasteiger partial charge on any atom is 0.178 e. The van der Waals surface area contributed by atoms with Crippen molar-refractivity contribution in [1.29, 1.82) is 0 Å². The number of hydrogen-bond acceptors (Lipinski definition) is 12. The molecular formula is C114H64N8O5S. The van der Waals surface area contributed by atoms with Gasteiger partial charge in [-0.3, -0.25) is 0 Å². The van der Waals surface area contributed by atoms with Gasteiger partial charge in [-0.05, 0) is 132 Å². The molecule has 0 radical (unpaired) electrons. The zero-order valence-corrected chi connectivity index (χ0v) is 68.8. The normalized spacial score (nSPS) is 12.1. The van der Waals surface area contributed by atoms with E-state index < -0.39 is 0 Å². The first-order valence-electron chi connectivity index (χ1n) is 42.7. The Morgan fingerprint density at radius 3 is 1.04 bits per heavy atom. The van der Waals surface area contributed by atoms with Crippen molar-refractivity contribution in [2.75, 3.05) is 0 Å². The first-order chi connectivity index (χ1) is 63.4. The van der Waals surface area contributed by atoms with Crippen LogP contribution in [-0.4, -0.2) is 39.0 Å². The van der Waals surface area contributed by atoms with Gasteiger partial charge < -0.3 is 31.2 Å². The Kier molecular flexibility index (Phi) is 15.7. The van der Waals surface area contributed by atoms with Crippen molar-refractivity contribution in [2.45, 2.75) is 0 Å². The molecule has 0 saturated carbocycles. The van der Waals surface area contributed by atoms with E-state index in [1.165, 1.54) is 26.2 Å². The number of aromatic nitrogens is 8. The highest BCUT2D eigenvalue weighted by Gasteiger charge is 2.27. The molecule has 14 heteroatoms. The Balaban J connectivity index is 0.000000132. The number of para-hydroxylation sites is 6. The number of nitrogens with zero attached hydrogens (tertiary/aromatic N) is 8. The fourth-order valence-electron chi connectivity index (χ4n) is 19.4. The lowest BCUT2D eigenvalue weighted by Crippen LogP contribution is -2.00. The fraction of sp³-hybridized carbons (Fsp3) is 0. The van der Waals surface area contributed by atoms with E-state index in [1.807, 2.05) is 170 Å². The molecule has 10 aromatic heterocycles. The average Bonchev–Trinajstić information content (AvgIpc) is 1.59. The van der Waals surface area contributed by atoms with Gasteiger partial charge in [-0.1, -0.05) is 267 Å². The van der Waals surface area contributed by atoms with Gasteiger partial charge in [0.25, 0.3) is 0 Å². The topological polar surface area (TPSA) is 153 Å². The van der Waals surface area contributed by atoms with E-state index in [0.717, 1.165) is 214 Å². The molecule has 13 nitrogen and oxygen atoms in total. The van der Waals surface area contributed by atoms with E-state index in [4.69, 9.17) is 52.0 Å². The van der Waals surface area contributed by atoms with Crippen LogP contribution in [0, 0.1) is 0 Å². The molecule has 10 heterocycles. The monoisotopic (exact) mass is 1660 g/mol. The van der Waals surface area contributed by atoms with Gasteiger partial charge in [0, 0.05) is 141 Å². The number of furan rings is 5. The molecule has 0 atom stereocenters. The van der Waals surface area contributed by atoms with E-state index in [-0.39, 0.29) is 0 Å². The summed E-state index contributed by atoms with van der Waals surface area (Å²) in [4.78, 5) is 30.1. The van der Waals surface area contributed by atoms with E-state index in [0.29, 0.717) is 34.9 Å². The number of rotatable bonds is 10. The minimum atomic E-state index is 0.597. The van der Waals surface area contributed by atoms with Crippen LogP contribution in [0.5, 0.6) is 0 Å². The second kappa shape index (κ2) is 28.2. The van der Waals surface area contributed by atoms with Crippen LogP contribution in [0.1, 0.15) is 0 Å². The van der Waals surface area contributed by atoms with Crippen molar-refractivity contribution >= 4 is 185 Å². The predicted octanol–water partition coefficient (Wildman–Crippen LogP) is 31.1. The molecule has 0 amide bonds. The van der Waals surface area contributed by atoms with Gasteiger partial charge in [0.15, 0.2) is 57.3 Å². The zero-order valence-electron chi connectivity index (χ0n) is 68.0. The Labute approximate surface area is 731 Å². The summed E-state index contributed by atoms with van der Waals surface area (Å²) in [6, 6.07) is 135. The summed E-state index contributed by atoms with van der Waals surface area (Å²) in [5.74, 6) is 3.78. The molecule has 0 bridgehead atoms. The highest BCUT2D eigenvalue weighted by Crippen LogP contribution is 2.49. The minimum absolute atomic E-state index is 0.597. The third-order valence-corrected chi connectivity index (χ3v) is 26.6. The van der Waals surface area contributed by atoms with E-state index in [2.05, 4.69) is 228 Å². The molecule has 0 aliphatic heterocycles. The first-order valence-corrected chi connectivity index (χ1v) is 43.5. The summed E-state index contributed by atoms with van der Waals surface area (Å²) in [5, 5.41) is 17.5. The summed E-state index contributed by atoms with van der Waals surface area (Å²) in [6.07, 6.45) is 0. The van der Waals surface area contributed by atoms with Crippen LogP contribution in [0.2, 0.25) is 0 Å². The van der Waals surface area contributed by atoms with Crippen LogP contribution in [0.4, 0.5) is 0 Å². The van der Waals surface area contributed by atoms with Crippen LogP contribution in [0.3, 0.4) is 0 Å². The highest BCUT2D eigenvalue weighted by atomic mass is 32.1. The standard InChI is InChI=1S/C57H32N4O3.C57H32N4O2S/c1-3-12-33(13-4-1)55-58-56(34-14-5-2-6-15-34)60-57(59-55)36-23-28-50-45(31-36)46-32-37(24-29-51(46)62-50)61-47-20-9-7-16-39(47)44-30-35(22-27-48(44)61)38-18-11-19-41-43-26-25-42-40-17-8-10-21-49(40)63-53(42)54(43)64-52(38)41;1-3-14-33(15-4-1)55-58-56(34-16-5-2-6-17-34)60-57(59-55)44-24-12-22-42-43-23-13-26-48(54(43)64-53(42)44)61-46-25-9-7-18-37(46)45-32-35(28-31-47(45)61)36-20-11-21-39-41-30-29-40-38-19-8-10-27-49(38)62-51(40)52(41)63-50(36)39/h2*1-32H. The SMILES string of the molecule is c1ccc(-c2nc(-c3ccccc3)nc(-c3ccc4oc5ccc(-n6c7ccccc7c7cc(-c8cccc9c8oc8c9ccc9c%10ccccc%10oc98)ccc76)cc5c4c3)n2)cc1.c1ccc(-c2nc(-c3ccccc3)nc(-c3cccc4c3sc3c(-n5c6ccccc6c6cc(-c7cccc8c7oc7c8ccc8c9ccccc9oc87)ccc65)cccc34)n2)cc1. The fourth-order valence-corrected chi connectivity index (χ4v) is 20.7. The van der Waals surface area contributed by atoms with Gasteiger partial charge >= 0.3 is 0 Å². The minimum Gasteiger partial charge on any atom is -0.456 e. The second-order valence-corrected chi connectivity index (χ2v) is 33.6. The molecule has 28 rings (SSSR count).